The van der Waals surface area contributed by atoms with Crippen molar-refractivity contribution in [1.82, 2.24) is 9.21 Å². The first-order valence-corrected chi connectivity index (χ1v) is 8.52. The van der Waals surface area contributed by atoms with E-state index in [1.54, 1.807) is 12.1 Å². The summed E-state index contributed by atoms with van der Waals surface area (Å²) in [6.45, 7) is 2.64. The highest BCUT2D eigenvalue weighted by atomic mass is 32.2. The molecule has 2 rings (SSSR count). The Kier molecular flexibility index (Phi) is 5.63. The van der Waals surface area contributed by atoms with Gasteiger partial charge in [0.1, 0.15) is 16.4 Å². The van der Waals surface area contributed by atoms with Crippen molar-refractivity contribution in [2.75, 3.05) is 53.6 Å². The summed E-state index contributed by atoms with van der Waals surface area (Å²) < 4.78 is 37.4. The maximum absolute atomic E-state index is 12.8. The van der Waals surface area contributed by atoms with Gasteiger partial charge >= 0.3 is 0 Å². The van der Waals surface area contributed by atoms with Gasteiger partial charge in [0.05, 0.1) is 20.8 Å². The molecule has 7 nitrogen and oxygen atoms in total. The largest absolute Gasteiger partial charge is 0.497 e. The van der Waals surface area contributed by atoms with Crippen LogP contribution in [-0.4, -0.2) is 76.3 Å². The smallest absolute Gasteiger partial charge is 0.246 e. The van der Waals surface area contributed by atoms with E-state index in [1.165, 1.54) is 24.6 Å². The summed E-state index contributed by atoms with van der Waals surface area (Å²) in [6, 6.07) is 4.74. The fourth-order valence-electron chi connectivity index (χ4n) is 2.46. The van der Waals surface area contributed by atoms with Crippen molar-refractivity contribution in [1.29, 1.82) is 0 Å². The molecule has 124 valence electrons. The van der Waals surface area contributed by atoms with Crippen molar-refractivity contribution in [2.24, 2.45) is 0 Å². The third-order valence-corrected chi connectivity index (χ3v) is 5.66. The Hall–Kier alpha value is -1.35. The van der Waals surface area contributed by atoms with Crippen molar-refractivity contribution in [3.05, 3.63) is 18.2 Å². The Morgan fingerprint density at radius 3 is 2.36 bits per heavy atom. The van der Waals surface area contributed by atoms with Gasteiger partial charge < -0.3 is 14.6 Å². The average Bonchev–Trinajstić information content (AvgIpc) is 2.55. The highest BCUT2D eigenvalue weighted by Crippen LogP contribution is 2.30. The zero-order valence-electron chi connectivity index (χ0n) is 12.9. The maximum atomic E-state index is 12.8. The molecule has 0 unspecified atom stereocenters. The number of β-amino-alcohol motifs (C(OH)–C–C–N with tert-alkyl or cyclic N) is 1. The van der Waals surface area contributed by atoms with Crippen molar-refractivity contribution >= 4 is 10.0 Å². The van der Waals surface area contributed by atoms with Gasteiger partial charge in [0.25, 0.3) is 0 Å². The predicted octanol–water partition coefficient (Wildman–Crippen LogP) is 0.00240. The van der Waals surface area contributed by atoms with E-state index >= 15 is 0 Å². The molecule has 1 N–H and O–H groups in total. The summed E-state index contributed by atoms with van der Waals surface area (Å²) in [5.41, 5.74) is 0. The molecule has 0 radical (unpaired) electrons. The molecule has 1 heterocycles. The van der Waals surface area contributed by atoms with Crippen LogP contribution in [0, 0.1) is 0 Å². The van der Waals surface area contributed by atoms with Crippen molar-refractivity contribution in [3.63, 3.8) is 0 Å². The summed E-state index contributed by atoms with van der Waals surface area (Å²) in [6.07, 6.45) is 0. The van der Waals surface area contributed by atoms with Crippen LogP contribution in [0.15, 0.2) is 23.1 Å². The number of benzene rings is 1. The highest BCUT2D eigenvalue weighted by Gasteiger charge is 2.31. The second-order valence-electron chi connectivity index (χ2n) is 4.99. The van der Waals surface area contributed by atoms with Crippen LogP contribution in [0.1, 0.15) is 0 Å². The lowest BCUT2D eigenvalue weighted by atomic mass is 10.3. The quantitative estimate of drug-likeness (QED) is 0.791. The van der Waals surface area contributed by atoms with Gasteiger partial charge in [-0.05, 0) is 12.1 Å². The Balaban J connectivity index is 2.24. The zero-order chi connectivity index (χ0) is 16.2. The summed E-state index contributed by atoms with van der Waals surface area (Å²) >= 11 is 0. The molecule has 1 fully saturated rings. The SMILES string of the molecule is COc1ccc(OC)c(S(=O)(=O)N2CCN(CCO)CC2)c1. The van der Waals surface area contributed by atoms with E-state index in [9.17, 15) is 8.42 Å². The minimum Gasteiger partial charge on any atom is -0.497 e. The number of nitrogens with zero attached hydrogens (tertiary/aromatic N) is 2. The fraction of sp³-hybridized carbons (Fsp3) is 0.571. The molecule has 1 aromatic rings. The van der Waals surface area contributed by atoms with E-state index in [0.717, 1.165) is 0 Å². The second-order valence-corrected chi connectivity index (χ2v) is 6.89. The Labute approximate surface area is 131 Å². The first-order valence-electron chi connectivity index (χ1n) is 7.08. The normalized spacial score (nSPS) is 17.4. The van der Waals surface area contributed by atoms with Crippen molar-refractivity contribution in [2.45, 2.75) is 4.90 Å². The molecule has 1 saturated heterocycles. The van der Waals surface area contributed by atoms with Crippen LogP contribution < -0.4 is 9.47 Å². The summed E-state index contributed by atoms with van der Waals surface area (Å²) in [7, 11) is -0.700. The fourth-order valence-corrected chi connectivity index (χ4v) is 4.05. The molecule has 1 aliphatic heterocycles. The summed E-state index contributed by atoms with van der Waals surface area (Å²) in [5, 5.41) is 8.94. The van der Waals surface area contributed by atoms with Crippen LogP contribution in [0.5, 0.6) is 11.5 Å². The molecule has 1 aromatic carbocycles. The van der Waals surface area contributed by atoms with Gasteiger partial charge in [-0.2, -0.15) is 4.31 Å². The first-order chi connectivity index (χ1) is 10.5. The molecule has 0 aromatic heterocycles. The topological polar surface area (TPSA) is 79.3 Å². The standard InChI is InChI=1S/C14H22N2O5S/c1-20-12-3-4-13(21-2)14(11-12)22(18,19)16-7-5-15(6-8-16)9-10-17/h3-4,11,17H,5-10H2,1-2H3. The monoisotopic (exact) mass is 330 g/mol. The van der Waals surface area contributed by atoms with Crippen molar-refractivity contribution < 1.29 is 23.0 Å². The summed E-state index contributed by atoms with van der Waals surface area (Å²) in [4.78, 5) is 2.15. The van der Waals surface area contributed by atoms with Gasteiger partial charge in [0, 0.05) is 38.8 Å². The van der Waals surface area contributed by atoms with Crippen LogP contribution >= 0.6 is 0 Å². The van der Waals surface area contributed by atoms with Crippen LogP contribution in [0.25, 0.3) is 0 Å². The molecule has 0 saturated carbocycles. The lowest BCUT2D eigenvalue weighted by molar-refractivity contribution is 0.151. The van der Waals surface area contributed by atoms with Gasteiger partial charge in [-0.25, -0.2) is 8.42 Å². The number of piperazine rings is 1. The van der Waals surface area contributed by atoms with E-state index in [-0.39, 0.29) is 11.5 Å². The van der Waals surface area contributed by atoms with Gasteiger partial charge in [-0.1, -0.05) is 0 Å². The average molecular weight is 330 g/mol. The van der Waals surface area contributed by atoms with Gasteiger partial charge in [-0.15, -0.1) is 0 Å². The molecule has 0 bridgehead atoms. The lowest BCUT2D eigenvalue weighted by Gasteiger charge is -2.33. The molecule has 0 atom stereocenters. The van der Waals surface area contributed by atoms with Gasteiger partial charge in [0.2, 0.25) is 10.0 Å². The number of hydrogen-bond donors (Lipinski definition) is 1. The minimum atomic E-state index is -3.64. The van der Waals surface area contributed by atoms with Crippen molar-refractivity contribution in [3.8, 4) is 11.5 Å². The first kappa shape index (κ1) is 17.0. The lowest BCUT2D eigenvalue weighted by Crippen LogP contribution is -2.49. The molecule has 0 spiro atoms. The third-order valence-electron chi connectivity index (χ3n) is 3.74. The number of methoxy groups -OCH3 is 2. The second kappa shape index (κ2) is 7.28. The van der Waals surface area contributed by atoms with E-state index in [4.69, 9.17) is 14.6 Å². The molecule has 8 heteroatoms. The number of sulfonamides is 1. The van der Waals surface area contributed by atoms with E-state index in [0.29, 0.717) is 44.2 Å². The van der Waals surface area contributed by atoms with Gasteiger partial charge in [-0.3, -0.25) is 4.90 Å². The number of aliphatic hydroxyl groups excluding tert-OH is 1. The van der Waals surface area contributed by atoms with E-state index in [1.807, 2.05) is 4.90 Å². The molecule has 1 aliphatic rings. The number of ether oxygens (including phenoxy) is 2. The molecule has 22 heavy (non-hydrogen) atoms. The van der Waals surface area contributed by atoms with E-state index in [2.05, 4.69) is 0 Å². The number of hydrogen-bond acceptors (Lipinski definition) is 6. The maximum Gasteiger partial charge on any atom is 0.246 e. The van der Waals surface area contributed by atoms with Crippen LogP contribution in [0.4, 0.5) is 0 Å². The minimum absolute atomic E-state index is 0.0798. The zero-order valence-corrected chi connectivity index (χ0v) is 13.7. The van der Waals surface area contributed by atoms with Crippen LogP contribution in [0.2, 0.25) is 0 Å². The Morgan fingerprint density at radius 2 is 1.82 bits per heavy atom. The molecular formula is C14H22N2O5S. The molecule has 0 aliphatic carbocycles. The van der Waals surface area contributed by atoms with Crippen LogP contribution in [-0.2, 0) is 10.0 Å². The Morgan fingerprint density at radius 1 is 1.14 bits per heavy atom. The van der Waals surface area contributed by atoms with Gasteiger partial charge in [0.15, 0.2) is 0 Å². The van der Waals surface area contributed by atoms with E-state index < -0.39 is 10.0 Å². The Bertz CT molecular complexity index is 597. The molecular weight excluding hydrogens is 308 g/mol. The highest BCUT2D eigenvalue weighted by molar-refractivity contribution is 7.89. The van der Waals surface area contributed by atoms with Crippen LogP contribution in [0.3, 0.4) is 0 Å². The number of aliphatic hydroxyl groups is 1. The summed E-state index contributed by atoms with van der Waals surface area (Å²) in [5.74, 6) is 0.775. The predicted molar refractivity (Wildman–Crippen MR) is 81.8 cm³/mol. The third kappa shape index (κ3) is 3.52. The number of rotatable bonds is 6. The molecule has 0 amide bonds.